The van der Waals surface area contributed by atoms with E-state index in [0.717, 1.165) is 0 Å². The average Bonchev–Trinajstić information content (AvgIpc) is 2.26. The Balaban J connectivity index is 2.51. The Morgan fingerprint density at radius 3 is 2.94 bits per heavy atom. The summed E-state index contributed by atoms with van der Waals surface area (Å²) < 4.78 is 10.0. The Bertz CT molecular complexity index is 256. The van der Waals surface area contributed by atoms with Crippen LogP contribution in [0.25, 0.3) is 0 Å². The minimum Gasteiger partial charge on any atom is -0.481 e. The number of aliphatic carboxylic acids is 1. The van der Waals surface area contributed by atoms with Crippen molar-refractivity contribution >= 4 is 11.9 Å². The van der Waals surface area contributed by atoms with E-state index in [2.05, 4.69) is 0 Å². The fourth-order valence-electron chi connectivity index (χ4n) is 1.69. The summed E-state index contributed by atoms with van der Waals surface area (Å²) in [5.41, 5.74) is 0. The summed E-state index contributed by atoms with van der Waals surface area (Å²) in [6.45, 7) is 1.58. The van der Waals surface area contributed by atoms with Crippen molar-refractivity contribution < 1.29 is 24.2 Å². The van der Waals surface area contributed by atoms with Crippen LogP contribution in [-0.2, 0) is 19.1 Å². The van der Waals surface area contributed by atoms with Crippen LogP contribution in [0.5, 0.6) is 0 Å². The van der Waals surface area contributed by atoms with Crippen molar-refractivity contribution in [2.45, 2.75) is 18.9 Å². The van der Waals surface area contributed by atoms with E-state index in [1.54, 1.807) is 4.90 Å². The molecule has 1 rings (SSSR count). The lowest BCUT2D eigenvalue weighted by Gasteiger charge is -2.34. The van der Waals surface area contributed by atoms with Crippen LogP contribution in [0.3, 0.4) is 0 Å². The van der Waals surface area contributed by atoms with E-state index in [-0.39, 0.29) is 24.8 Å². The van der Waals surface area contributed by atoms with Crippen LogP contribution < -0.4 is 0 Å². The summed E-state index contributed by atoms with van der Waals surface area (Å²) in [4.78, 5) is 24.0. The molecule has 92 valence electrons. The predicted molar refractivity (Wildman–Crippen MR) is 55.1 cm³/mol. The normalized spacial score (nSPS) is 20.8. The number of ether oxygens (including phenoxy) is 2. The molecule has 0 aliphatic carbocycles. The second kappa shape index (κ2) is 6.44. The van der Waals surface area contributed by atoms with Crippen molar-refractivity contribution in [3.05, 3.63) is 0 Å². The molecule has 0 radical (unpaired) electrons. The van der Waals surface area contributed by atoms with E-state index in [4.69, 9.17) is 14.6 Å². The molecule has 0 aromatic heterocycles. The van der Waals surface area contributed by atoms with Crippen LogP contribution in [0.4, 0.5) is 0 Å². The molecule has 1 amide bonds. The summed E-state index contributed by atoms with van der Waals surface area (Å²) in [7, 11) is 1.53. The summed E-state index contributed by atoms with van der Waals surface area (Å²) in [6, 6.07) is -0.351. The third-order valence-electron chi connectivity index (χ3n) is 2.48. The zero-order chi connectivity index (χ0) is 12.0. The largest absolute Gasteiger partial charge is 0.481 e. The molecule has 1 heterocycles. The van der Waals surface area contributed by atoms with Crippen molar-refractivity contribution in [2.75, 3.05) is 33.5 Å². The maximum atomic E-state index is 11.7. The number of carboxylic acid groups (broad SMARTS) is 1. The van der Waals surface area contributed by atoms with Gasteiger partial charge in [0.1, 0.15) is 0 Å². The van der Waals surface area contributed by atoms with Crippen LogP contribution in [0.2, 0.25) is 0 Å². The maximum absolute atomic E-state index is 11.7. The minimum absolute atomic E-state index is 0.0707. The fraction of sp³-hybridized carbons (Fsp3) is 0.800. The number of amides is 1. The third kappa shape index (κ3) is 3.79. The third-order valence-corrected chi connectivity index (χ3v) is 2.48. The number of carbonyl (C=O) groups excluding carboxylic acids is 1. The smallest absolute Gasteiger partial charge is 0.305 e. The molecule has 1 aliphatic heterocycles. The number of nitrogens with zero attached hydrogens (tertiary/aromatic N) is 1. The van der Waals surface area contributed by atoms with Gasteiger partial charge in [0.25, 0.3) is 0 Å². The highest BCUT2D eigenvalue weighted by molar-refractivity contribution is 5.77. The Morgan fingerprint density at radius 1 is 1.56 bits per heavy atom. The van der Waals surface area contributed by atoms with Gasteiger partial charge in [-0.25, -0.2) is 0 Å². The number of carbonyl (C=O) groups is 2. The molecule has 0 saturated carbocycles. The van der Waals surface area contributed by atoms with Crippen molar-refractivity contribution in [3.63, 3.8) is 0 Å². The molecule has 1 fully saturated rings. The first kappa shape index (κ1) is 12.9. The molecule has 1 atom stereocenters. The van der Waals surface area contributed by atoms with E-state index in [0.29, 0.717) is 26.4 Å². The zero-order valence-electron chi connectivity index (χ0n) is 9.35. The molecule has 1 saturated heterocycles. The van der Waals surface area contributed by atoms with Crippen LogP contribution in [0, 0.1) is 0 Å². The molecule has 0 aromatic rings. The Labute approximate surface area is 94.1 Å². The van der Waals surface area contributed by atoms with Crippen molar-refractivity contribution in [1.29, 1.82) is 0 Å². The second-order valence-electron chi connectivity index (χ2n) is 3.66. The highest BCUT2D eigenvalue weighted by Gasteiger charge is 2.28. The lowest BCUT2D eigenvalue weighted by molar-refractivity contribution is -0.146. The molecule has 0 aromatic carbocycles. The quantitative estimate of drug-likeness (QED) is 0.704. The van der Waals surface area contributed by atoms with Gasteiger partial charge in [0.05, 0.1) is 38.7 Å². The van der Waals surface area contributed by atoms with Gasteiger partial charge in [-0.1, -0.05) is 0 Å². The topological polar surface area (TPSA) is 76.1 Å². The minimum atomic E-state index is -0.917. The summed E-state index contributed by atoms with van der Waals surface area (Å²) >= 11 is 0. The van der Waals surface area contributed by atoms with E-state index < -0.39 is 5.97 Å². The monoisotopic (exact) mass is 231 g/mol. The van der Waals surface area contributed by atoms with Gasteiger partial charge in [-0.15, -0.1) is 0 Å². The molecule has 0 spiro atoms. The first-order valence-corrected chi connectivity index (χ1v) is 5.23. The average molecular weight is 231 g/mol. The van der Waals surface area contributed by atoms with E-state index in [9.17, 15) is 9.59 Å². The molecule has 1 aliphatic rings. The van der Waals surface area contributed by atoms with Gasteiger partial charge in [-0.2, -0.15) is 0 Å². The molecule has 1 N–H and O–H groups in total. The van der Waals surface area contributed by atoms with E-state index >= 15 is 0 Å². The SMILES string of the molecule is COCCC(=O)N1CCOCC1CC(=O)O. The van der Waals surface area contributed by atoms with Gasteiger partial charge in [0.2, 0.25) is 5.91 Å². The number of rotatable bonds is 5. The number of hydrogen-bond donors (Lipinski definition) is 1. The van der Waals surface area contributed by atoms with Gasteiger partial charge in [-0.3, -0.25) is 9.59 Å². The number of morpholine rings is 1. The van der Waals surface area contributed by atoms with Crippen molar-refractivity contribution in [2.24, 2.45) is 0 Å². The molecular formula is C10H17NO5. The highest BCUT2D eigenvalue weighted by atomic mass is 16.5. The lowest BCUT2D eigenvalue weighted by atomic mass is 10.1. The van der Waals surface area contributed by atoms with Gasteiger partial charge in [0, 0.05) is 13.7 Å². The molecule has 1 unspecified atom stereocenters. The fourth-order valence-corrected chi connectivity index (χ4v) is 1.69. The van der Waals surface area contributed by atoms with Crippen LogP contribution >= 0.6 is 0 Å². The Hall–Kier alpha value is -1.14. The van der Waals surface area contributed by atoms with Crippen molar-refractivity contribution in [1.82, 2.24) is 4.90 Å². The first-order valence-electron chi connectivity index (χ1n) is 5.23. The van der Waals surface area contributed by atoms with Gasteiger partial charge in [-0.05, 0) is 0 Å². The molecule has 16 heavy (non-hydrogen) atoms. The number of hydrogen-bond acceptors (Lipinski definition) is 4. The standard InChI is InChI=1S/C10H17NO5/c1-15-4-2-9(12)11-3-5-16-7-8(11)6-10(13)14/h8H,2-7H2,1H3,(H,13,14). The van der Waals surface area contributed by atoms with Crippen LogP contribution in [0.1, 0.15) is 12.8 Å². The van der Waals surface area contributed by atoms with Gasteiger partial charge in [0.15, 0.2) is 0 Å². The Kier molecular flexibility index (Phi) is 5.21. The summed E-state index contributed by atoms with van der Waals surface area (Å²) in [5.74, 6) is -0.989. The van der Waals surface area contributed by atoms with Crippen LogP contribution in [0.15, 0.2) is 0 Å². The second-order valence-corrected chi connectivity index (χ2v) is 3.66. The van der Waals surface area contributed by atoms with Gasteiger partial charge >= 0.3 is 5.97 Å². The maximum Gasteiger partial charge on any atom is 0.305 e. The molecule has 6 heteroatoms. The Morgan fingerprint density at radius 2 is 2.31 bits per heavy atom. The highest BCUT2D eigenvalue weighted by Crippen LogP contribution is 2.12. The molecule has 0 bridgehead atoms. The zero-order valence-corrected chi connectivity index (χ0v) is 9.35. The van der Waals surface area contributed by atoms with E-state index in [1.165, 1.54) is 7.11 Å². The molecule has 6 nitrogen and oxygen atoms in total. The van der Waals surface area contributed by atoms with Gasteiger partial charge < -0.3 is 19.5 Å². The summed E-state index contributed by atoms with van der Waals surface area (Å²) in [5, 5.41) is 8.72. The lowest BCUT2D eigenvalue weighted by Crippen LogP contribution is -2.49. The number of methoxy groups -OCH3 is 1. The van der Waals surface area contributed by atoms with Crippen molar-refractivity contribution in [3.8, 4) is 0 Å². The van der Waals surface area contributed by atoms with Crippen LogP contribution in [-0.4, -0.2) is 61.4 Å². The number of carboxylic acids is 1. The predicted octanol–water partition coefficient (Wildman–Crippen LogP) is -0.275. The molecular weight excluding hydrogens is 214 g/mol. The first-order chi connectivity index (χ1) is 7.65. The van der Waals surface area contributed by atoms with E-state index in [1.807, 2.05) is 0 Å². The summed E-state index contributed by atoms with van der Waals surface area (Å²) in [6.07, 6.45) is 0.214.